The highest BCUT2D eigenvalue weighted by atomic mass is 19.4. The normalized spacial score (nSPS) is 11.7. The molecule has 0 spiro atoms. The van der Waals surface area contributed by atoms with Gasteiger partial charge in [-0.3, -0.25) is 14.6 Å². The predicted molar refractivity (Wildman–Crippen MR) is 121 cm³/mol. The van der Waals surface area contributed by atoms with Crippen LogP contribution < -0.4 is 4.74 Å². The molecule has 0 fully saturated rings. The molecule has 10 heteroatoms. The maximum absolute atomic E-state index is 15.1. The van der Waals surface area contributed by atoms with Crippen LogP contribution in [0, 0.1) is 5.82 Å². The molecule has 0 atom stereocenters. The summed E-state index contributed by atoms with van der Waals surface area (Å²) in [6.07, 6.45) is 1.37. The maximum Gasteiger partial charge on any atom is 0.408 e. The minimum Gasteiger partial charge on any atom is -0.487 e. The van der Waals surface area contributed by atoms with Crippen LogP contribution in [0.2, 0.25) is 0 Å². The fraction of sp³-hybridized carbons (Fsp3) is 0.120. The number of para-hydroxylation sites is 2. The van der Waals surface area contributed by atoms with Crippen molar-refractivity contribution >= 4 is 11.0 Å². The van der Waals surface area contributed by atoms with Gasteiger partial charge in [-0.2, -0.15) is 18.3 Å². The van der Waals surface area contributed by atoms with Crippen LogP contribution in [0.25, 0.3) is 33.4 Å². The summed E-state index contributed by atoms with van der Waals surface area (Å²) in [7, 11) is 0. The molecule has 0 saturated carbocycles. The monoisotopic (exact) mass is 479 g/mol. The number of rotatable bonds is 6. The van der Waals surface area contributed by atoms with Gasteiger partial charge in [-0.05, 0) is 42.0 Å². The number of pyridine rings is 1. The summed E-state index contributed by atoms with van der Waals surface area (Å²) in [4.78, 5) is 12.7. The molecular weight excluding hydrogens is 462 g/mol. The van der Waals surface area contributed by atoms with Crippen molar-refractivity contribution in [1.29, 1.82) is 0 Å². The molecule has 5 rings (SSSR count). The first kappa shape index (κ1) is 22.5. The Labute approximate surface area is 196 Å². The fourth-order valence-electron chi connectivity index (χ4n) is 3.63. The zero-order valence-electron chi connectivity index (χ0n) is 18.1. The fourth-order valence-corrected chi connectivity index (χ4v) is 3.63. The van der Waals surface area contributed by atoms with Gasteiger partial charge in [-0.1, -0.05) is 12.1 Å². The summed E-state index contributed by atoms with van der Waals surface area (Å²) >= 11 is 0. The molecule has 0 bridgehead atoms. The standard InChI is InChI=1S/C25H17F4N5O/c26-21-11-18(35-14-17-12-31-22-3-1-2-4-23(22)32-17)5-6-19(21)24-20(16-7-9-30-10-8-16)13-34(33-24)15-25(27,28)29/h1-13H,14-15H2. The van der Waals surface area contributed by atoms with Gasteiger partial charge in [0.25, 0.3) is 0 Å². The van der Waals surface area contributed by atoms with E-state index in [9.17, 15) is 13.2 Å². The first-order valence-electron chi connectivity index (χ1n) is 10.5. The van der Waals surface area contributed by atoms with Crippen LogP contribution in [0.1, 0.15) is 5.69 Å². The Hall–Kier alpha value is -4.34. The summed E-state index contributed by atoms with van der Waals surface area (Å²) in [5, 5.41) is 4.03. The van der Waals surface area contributed by atoms with E-state index < -0.39 is 18.5 Å². The third kappa shape index (κ3) is 5.11. The summed E-state index contributed by atoms with van der Waals surface area (Å²) < 4.78 is 60.4. The molecule has 176 valence electrons. The van der Waals surface area contributed by atoms with Crippen molar-refractivity contribution in [2.75, 3.05) is 0 Å². The third-order valence-electron chi connectivity index (χ3n) is 5.18. The number of nitrogens with zero attached hydrogens (tertiary/aromatic N) is 5. The molecule has 3 aromatic heterocycles. The number of halogens is 4. The molecule has 2 aromatic carbocycles. The quantitative estimate of drug-likeness (QED) is 0.287. The Morgan fingerprint density at radius 3 is 2.43 bits per heavy atom. The van der Waals surface area contributed by atoms with Crippen LogP contribution in [-0.4, -0.2) is 30.9 Å². The number of benzene rings is 2. The van der Waals surface area contributed by atoms with E-state index in [4.69, 9.17) is 4.74 Å². The Morgan fingerprint density at radius 2 is 1.69 bits per heavy atom. The van der Waals surface area contributed by atoms with Gasteiger partial charge in [0.2, 0.25) is 0 Å². The van der Waals surface area contributed by atoms with Crippen molar-refractivity contribution in [3.8, 4) is 28.1 Å². The van der Waals surface area contributed by atoms with Gasteiger partial charge in [-0.25, -0.2) is 9.37 Å². The van der Waals surface area contributed by atoms with E-state index in [1.807, 2.05) is 24.3 Å². The smallest absolute Gasteiger partial charge is 0.408 e. The minimum atomic E-state index is -4.47. The average Bonchev–Trinajstić information content (AvgIpc) is 3.25. The molecule has 0 saturated heterocycles. The summed E-state index contributed by atoms with van der Waals surface area (Å²) in [6.45, 7) is -1.22. The van der Waals surface area contributed by atoms with Crippen molar-refractivity contribution in [3.63, 3.8) is 0 Å². The van der Waals surface area contributed by atoms with Crippen molar-refractivity contribution < 1.29 is 22.3 Å². The molecule has 6 nitrogen and oxygen atoms in total. The molecule has 0 radical (unpaired) electrons. The van der Waals surface area contributed by atoms with E-state index in [1.165, 1.54) is 36.8 Å². The van der Waals surface area contributed by atoms with E-state index >= 15 is 4.39 Å². The average molecular weight is 479 g/mol. The topological polar surface area (TPSA) is 65.7 Å². The van der Waals surface area contributed by atoms with Gasteiger partial charge in [0, 0.05) is 35.8 Å². The van der Waals surface area contributed by atoms with Crippen molar-refractivity contribution in [2.24, 2.45) is 0 Å². The van der Waals surface area contributed by atoms with E-state index in [1.54, 1.807) is 18.3 Å². The van der Waals surface area contributed by atoms with Crippen molar-refractivity contribution in [2.45, 2.75) is 19.3 Å². The number of hydrogen-bond donors (Lipinski definition) is 0. The number of aromatic nitrogens is 5. The molecule has 0 unspecified atom stereocenters. The first-order valence-corrected chi connectivity index (χ1v) is 10.5. The van der Waals surface area contributed by atoms with Crippen LogP contribution in [0.5, 0.6) is 5.75 Å². The van der Waals surface area contributed by atoms with E-state index in [2.05, 4.69) is 20.1 Å². The number of fused-ring (bicyclic) bond motifs is 1. The van der Waals surface area contributed by atoms with E-state index in [-0.39, 0.29) is 23.6 Å². The zero-order chi connectivity index (χ0) is 24.4. The van der Waals surface area contributed by atoms with Crippen LogP contribution in [0.4, 0.5) is 17.6 Å². The Morgan fingerprint density at radius 1 is 0.914 bits per heavy atom. The van der Waals surface area contributed by atoms with Crippen molar-refractivity contribution in [1.82, 2.24) is 24.7 Å². The lowest BCUT2D eigenvalue weighted by Gasteiger charge is -2.09. The number of hydrogen-bond acceptors (Lipinski definition) is 5. The Bertz CT molecular complexity index is 1480. The highest BCUT2D eigenvalue weighted by molar-refractivity contribution is 5.80. The van der Waals surface area contributed by atoms with Crippen molar-refractivity contribution in [3.05, 3.63) is 90.9 Å². The minimum absolute atomic E-state index is 0.0515. The molecular formula is C25H17F4N5O. The molecule has 0 aliphatic carbocycles. The lowest BCUT2D eigenvalue weighted by molar-refractivity contribution is -0.142. The van der Waals surface area contributed by atoms with Gasteiger partial charge >= 0.3 is 6.18 Å². The second-order valence-electron chi connectivity index (χ2n) is 7.72. The lowest BCUT2D eigenvalue weighted by atomic mass is 10.0. The van der Waals surface area contributed by atoms with Gasteiger partial charge in [0.05, 0.1) is 22.9 Å². The van der Waals surface area contributed by atoms with Gasteiger partial charge in [0.1, 0.15) is 30.4 Å². The molecule has 0 aliphatic heterocycles. The molecule has 0 N–H and O–H groups in total. The maximum atomic E-state index is 15.1. The number of alkyl halides is 3. The van der Waals surface area contributed by atoms with Crippen LogP contribution in [0.3, 0.4) is 0 Å². The molecule has 0 amide bonds. The number of ether oxygens (including phenoxy) is 1. The SMILES string of the molecule is Fc1cc(OCc2cnc3ccccc3n2)ccc1-c1nn(CC(F)(F)F)cc1-c1ccncc1. The van der Waals surface area contributed by atoms with Gasteiger partial charge in [-0.15, -0.1) is 0 Å². The van der Waals surface area contributed by atoms with Crippen LogP contribution in [0.15, 0.2) is 79.4 Å². The first-order chi connectivity index (χ1) is 16.9. The Kier molecular flexibility index (Phi) is 5.86. The zero-order valence-corrected chi connectivity index (χ0v) is 18.1. The summed E-state index contributed by atoms with van der Waals surface area (Å²) in [5.74, 6) is -0.443. The van der Waals surface area contributed by atoms with Gasteiger partial charge < -0.3 is 4.74 Å². The molecule has 35 heavy (non-hydrogen) atoms. The highest BCUT2D eigenvalue weighted by Gasteiger charge is 2.29. The summed E-state index contributed by atoms with van der Waals surface area (Å²) in [5.41, 5.74) is 3.10. The predicted octanol–water partition coefficient (Wildman–Crippen LogP) is 5.84. The molecule has 5 aromatic rings. The Balaban J connectivity index is 1.42. The third-order valence-corrected chi connectivity index (χ3v) is 5.18. The molecule has 0 aliphatic rings. The lowest BCUT2D eigenvalue weighted by Crippen LogP contribution is -2.17. The second kappa shape index (κ2) is 9.13. The highest BCUT2D eigenvalue weighted by Crippen LogP contribution is 2.34. The van der Waals surface area contributed by atoms with E-state index in [0.717, 1.165) is 10.2 Å². The second-order valence-corrected chi connectivity index (χ2v) is 7.72. The van der Waals surface area contributed by atoms with E-state index in [0.29, 0.717) is 22.3 Å². The van der Waals surface area contributed by atoms with Gasteiger partial charge in [0.15, 0.2) is 0 Å². The van der Waals surface area contributed by atoms with Crippen LogP contribution >= 0.6 is 0 Å². The molecule has 3 heterocycles. The van der Waals surface area contributed by atoms with Crippen LogP contribution in [-0.2, 0) is 13.2 Å². The largest absolute Gasteiger partial charge is 0.487 e. The summed E-state index contributed by atoms with van der Waals surface area (Å²) in [6, 6.07) is 14.8.